The Hall–Kier alpha value is -3.35. The molecule has 2 fully saturated rings. The molecule has 156 valence electrons. The van der Waals surface area contributed by atoms with E-state index in [1.165, 1.54) is 0 Å². The fraction of sp³-hybridized carbons (Fsp3) is 0.348. The standard InChI is InChI=1S/C23H25N3O4/c1-30-20-10-8-18(9-11-20)25-14-17(12-21(25)27)23(29)26(19-6-7-19)13-15-2-4-16(5-3-15)22(24)28/h2-5,8-11,17,19H,6-7,12-14H2,1H3,(H2,24,28). The number of primary amides is 1. The van der Waals surface area contributed by atoms with Crippen LogP contribution in [0.25, 0.3) is 0 Å². The summed E-state index contributed by atoms with van der Waals surface area (Å²) in [5.74, 6) is -0.133. The van der Waals surface area contributed by atoms with Crippen molar-refractivity contribution in [2.45, 2.75) is 31.8 Å². The van der Waals surface area contributed by atoms with Crippen LogP contribution in [0.15, 0.2) is 48.5 Å². The zero-order chi connectivity index (χ0) is 21.3. The van der Waals surface area contributed by atoms with Crippen molar-refractivity contribution < 1.29 is 19.1 Å². The van der Waals surface area contributed by atoms with E-state index in [9.17, 15) is 14.4 Å². The molecular weight excluding hydrogens is 382 g/mol. The van der Waals surface area contributed by atoms with Gasteiger partial charge in [0.2, 0.25) is 17.7 Å². The highest BCUT2D eigenvalue weighted by Gasteiger charge is 2.41. The van der Waals surface area contributed by atoms with Crippen molar-refractivity contribution >= 4 is 23.4 Å². The normalized spacial score (nSPS) is 18.4. The maximum absolute atomic E-state index is 13.3. The molecule has 30 heavy (non-hydrogen) atoms. The van der Waals surface area contributed by atoms with E-state index < -0.39 is 5.91 Å². The summed E-state index contributed by atoms with van der Waals surface area (Å²) >= 11 is 0. The molecule has 1 aliphatic heterocycles. The molecule has 1 saturated carbocycles. The molecule has 1 heterocycles. The number of anilines is 1. The molecule has 4 rings (SSSR count). The Labute approximate surface area is 175 Å². The van der Waals surface area contributed by atoms with Gasteiger partial charge in [-0.15, -0.1) is 0 Å². The summed E-state index contributed by atoms with van der Waals surface area (Å²) in [6.45, 7) is 0.851. The average molecular weight is 407 g/mol. The summed E-state index contributed by atoms with van der Waals surface area (Å²) in [5.41, 5.74) is 7.46. The third-order valence-electron chi connectivity index (χ3n) is 5.72. The summed E-state index contributed by atoms with van der Waals surface area (Å²) < 4.78 is 5.17. The molecule has 2 aromatic rings. The van der Waals surface area contributed by atoms with Crippen LogP contribution in [0.4, 0.5) is 5.69 Å². The van der Waals surface area contributed by atoms with Crippen molar-refractivity contribution in [3.63, 3.8) is 0 Å². The SMILES string of the molecule is COc1ccc(N2CC(C(=O)N(Cc3ccc(C(N)=O)cc3)C3CC3)CC2=O)cc1. The third kappa shape index (κ3) is 4.15. The van der Waals surface area contributed by atoms with Crippen LogP contribution >= 0.6 is 0 Å². The number of nitrogens with two attached hydrogens (primary N) is 1. The number of carbonyl (C=O) groups excluding carboxylic acids is 3. The van der Waals surface area contributed by atoms with Crippen molar-refractivity contribution in [2.24, 2.45) is 11.7 Å². The molecule has 0 aromatic heterocycles. The topological polar surface area (TPSA) is 92.9 Å². The number of hydrogen-bond acceptors (Lipinski definition) is 4. The van der Waals surface area contributed by atoms with E-state index in [0.29, 0.717) is 18.7 Å². The first-order valence-corrected chi connectivity index (χ1v) is 10.1. The minimum absolute atomic E-state index is 0.0147. The smallest absolute Gasteiger partial charge is 0.248 e. The first-order valence-electron chi connectivity index (χ1n) is 10.1. The van der Waals surface area contributed by atoms with Gasteiger partial charge in [-0.2, -0.15) is 0 Å². The largest absolute Gasteiger partial charge is 0.497 e. The lowest BCUT2D eigenvalue weighted by Gasteiger charge is -2.26. The highest BCUT2D eigenvalue weighted by Crippen LogP contribution is 2.33. The zero-order valence-corrected chi connectivity index (χ0v) is 16.9. The van der Waals surface area contributed by atoms with E-state index in [1.54, 1.807) is 24.1 Å². The maximum Gasteiger partial charge on any atom is 0.248 e. The molecule has 2 N–H and O–H groups in total. The molecule has 0 bridgehead atoms. The Morgan fingerprint density at radius 1 is 1.10 bits per heavy atom. The van der Waals surface area contributed by atoms with Crippen molar-refractivity contribution in [1.82, 2.24) is 4.90 Å². The lowest BCUT2D eigenvalue weighted by Crippen LogP contribution is -2.38. The fourth-order valence-corrected chi connectivity index (χ4v) is 3.86. The molecule has 0 radical (unpaired) electrons. The van der Waals surface area contributed by atoms with Crippen LogP contribution in [0.2, 0.25) is 0 Å². The second-order valence-corrected chi connectivity index (χ2v) is 7.86. The number of rotatable bonds is 7. The highest BCUT2D eigenvalue weighted by molar-refractivity contribution is 6.00. The van der Waals surface area contributed by atoms with Gasteiger partial charge in [0, 0.05) is 36.8 Å². The number of carbonyl (C=O) groups is 3. The van der Waals surface area contributed by atoms with Gasteiger partial charge in [0.05, 0.1) is 13.0 Å². The van der Waals surface area contributed by atoms with Crippen LogP contribution in [-0.2, 0) is 16.1 Å². The highest BCUT2D eigenvalue weighted by atomic mass is 16.5. The molecule has 1 unspecified atom stereocenters. The Kier molecular flexibility index (Phi) is 5.44. The molecule has 7 heteroatoms. The first-order chi connectivity index (χ1) is 14.5. The van der Waals surface area contributed by atoms with Gasteiger partial charge in [0.15, 0.2) is 0 Å². The quantitative estimate of drug-likeness (QED) is 0.762. The molecule has 1 aliphatic carbocycles. The summed E-state index contributed by atoms with van der Waals surface area (Å²) in [6.07, 6.45) is 2.18. The Balaban J connectivity index is 1.46. The van der Waals surface area contributed by atoms with E-state index >= 15 is 0 Å². The van der Waals surface area contributed by atoms with E-state index in [-0.39, 0.29) is 30.2 Å². The average Bonchev–Trinajstić information content (AvgIpc) is 3.53. The van der Waals surface area contributed by atoms with Gasteiger partial charge < -0.3 is 20.3 Å². The van der Waals surface area contributed by atoms with Crippen molar-refractivity contribution in [3.05, 3.63) is 59.7 Å². The molecule has 7 nitrogen and oxygen atoms in total. The molecular formula is C23H25N3O4. The number of amides is 3. The second-order valence-electron chi connectivity index (χ2n) is 7.86. The van der Waals surface area contributed by atoms with Crippen LogP contribution in [-0.4, -0.2) is 42.3 Å². The molecule has 2 aromatic carbocycles. The van der Waals surface area contributed by atoms with Crippen LogP contribution in [0, 0.1) is 5.92 Å². The number of ether oxygens (including phenoxy) is 1. The minimum Gasteiger partial charge on any atom is -0.497 e. The van der Waals surface area contributed by atoms with Crippen LogP contribution in [0.3, 0.4) is 0 Å². The van der Waals surface area contributed by atoms with Gasteiger partial charge >= 0.3 is 0 Å². The van der Waals surface area contributed by atoms with Gasteiger partial charge in [-0.05, 0) is 54.8 Å². The Morgan fingerprint density at radius 3 is 2.33 bits per heavy atom. The molecule has 2 aliphatic rings. The minimum atomic E-state index is -0.472. The van der Waals surface area contributed by atoms with Gasteiger partial charge in [-0.25, -0.2) is 0 Å². The summed E-state index contributed by atoms with van der Waals surface area (Å²) in [5, 5.41) is 0. The summed E-state index contributed by atoms with van der Waals surface area (Å²) in [4.78, 5) is 40.7. The number of nitrogens with zero attached hydrogens (tertiary/aromatic N) is 2. The summed E-state index contributed by atoms with van der Waals surface area (Å²) in [7, 11) is 1.60. The van der Waals surface area contributed by atoms with Crippen molar-refractivity contribution in [1.29, 1.82) is 0 Å². The van der Waals surface area contributed by atoms with Crippen molar-refractivity contribution in [3.8, 4) is 5.75 Å². The van der Waals surface area contributed by atoms with Gasteiger partial charge in [-0.1, -0.05) is 12.1 Å². The zero-order valence-electron chi connectivity index (χ0n) is 16.9. The number of benzene rings is 2. The summed E-state index contributed by atoms with van der Waals surface area (Å²) in [6, 6.07) is 14.5. The van der Waals surface area contributed by atoms with Crippen LogP contribution in [0.5, 0.6) is 5.75 Å². The van der Waals surface area contributed by atoms with E-state index in [1.807, 2.05) is 41.3 Å². The number of methoxy groups -OCH3 is 1. The second kappa shape index (κ2) is 8.18. The fourth-order valence-electron chi connectivity index (χ4n) is 3.86. The van der Waals surface area contributed by atoms with Gasteiger partial charge in [-0.3, -0.25) is 14.4 Å². The van der Waals surface area contributed by atoms with E-state index in [2.05, 4.69) is 0 Å². The van der Waals surface area contributed by atoms with Crippen LogP contribution in [0.1, 0.15) is 35.2 Å². The molecule has 1 atom stereocenters. The van der Waals surface area contributed by atoms with Gasteiger partial charge in [0.25, 0.3) is 0 Å². The Bertz CT molecular complexity index is 951. The number of hydrogen-bond donors (Lipinski definition) is 1. The monoisotopic (exact) mass is 407 g/mol. The predicted octanol–water partition coefficient (Wildman–Crippen LogP) is 2.34. The van der Waals surface area contributed by atoms with E-state index in [4.69, 9.17) is 10.5 Å². The first kappa shape index (κ1) is 19.9. The predicted molar refractivity (Wildman–Crippen MR) is 112 cm³/mol. The molecule has 0 spiro atoms. The molecule has 1 saturated heterocycles. The Morgan fingerprint density at radius 2 is 1.77 bits per heavy atom. The molecule has 3 amide bonds. The lowest BCUT2D eigenvalue weighted by molar-refractivity contribution is -0.137. The maximum atomic E-state index is 13.3. The van der Waals surface area contributed by atoms with Gasteiger partial charge in [0.1, 0.15) is 5.75 Å². The third-order valence-corrected chi connectivity index (χ3v) is 5.72. The lowest BCUT2D eigenvalue weighted by atomic mass is 10.1. The van der Waals surface area contributed by atoms with Crippen LogP contribution < -0.4 is 15.4 Å². The van der Waals surface area contributed by atoms with E-state index in [0.717, 1.165) is 29.8 Å². The van der Waals surface area contributed by atoms with Crippen molar-refractivity contribution in [2.75, 3.05) is 18.6 Å².